The number of alkyl halides is 3. The normalized spacial score (nSPS) is 15.7. The zero-order chi connectivity index (χ0) is 18.7. The SMILES string of the molecule is O=C(c1cccs1)N1CCCN(C(=O)c2ccccc2C(F)(F)F)CC1. The second-order valence-corrected chi connectivity index (χ2v) is 6.91. The Bertz CT molecular complexity index is 790. The van der Waals surface area contributed by atoms with Crippen LogP contribution < -0.4 is 0 Å². The van der Waals surface area contributed by atoms with Crippen molar-refractivity contribution in [1.29, 1.82) is 0 Å². The van der Waals surface area contributed by atoms with Crippen LogP contribution in [-0.2, 0) is 6.18 Å². The summed E-state index contributed by atoms with van der Waals surface area (Å²) >= 11 is 1.34. The van der Waals surface area contributed by atoms with Gasteiger partial charge in [0, 0.05) is 26.2 Å². The Balaban J connectivity index is 1.74. The van der Waals surface area contributed by atoms with Crippen molar-refractivity contribution >= 4 is 23.2 Å². The predicted octanol–water partition coefficient (Wildman–Crippen LogP) is 3.76. The highest BCUT2D eigenvalue weighted by molar-refractivity contribution is 7.12. The van der Waals surface area contributed by atoms with Gasteiger partial charge >= 0.3 is 6.18 Å². The first-order valence-corrected chi connectivity index (χ1v) is 9.04. The van der Waals surface area contributed by atoms with Crippen LogP contribution >= 0.6 is 11.3 Å². The summed E-state index contributed by atoms with van der Waals surface area (Å²) in [5.74, 6) is -0.756. The van der Waals surface area contributed by atoms with Crippen molar-refractivity contribution in [3.63, 3.8) is 0 Å². The van der Waals surface area contributed by atoms with E-state index in [1.54, 1.807) is 17.0 Å². The van der Waals surface area contributed by atoms with Gasteiger partial charge in [-0.2, -0.15) is 13.2 Å². The van der Waals surface area contributed by atoms with E-state index in [1.807, 2.05) is 5.38 Å². The van der Waals surface area contributed by atoms with E-state index in [2.05, 4.69) is 0 Å². The molecule has 1 saturated heterocycles. The summed E-state index contributed by atoms with van der Waals surface area (Å²) in [6.07, 6.45) is -4.06. The second kappa shape index (κ2) is 7.49. The molecule has 26 heavy (non-hydrogen) atoms. The van der Waals surface area contributed by atoms with E-state index in [1.165, 1.54) is 34.4 Å². The van der Waals surface area contributed by atoms with Crippen LogP contribution in [-0.4, -0.2) is 47.8 Å². The van der Waals surface area contributed by atoms with Crippen LogP contribution in [0, 0.1) is 0 Å². The van der Waals surface area contributed by atoms with Crippen LogP contribution in [0.4, 0.5) is 13.2 Å². The fraction of sp³-hybridized carbons (Fsp3) is 0.333. The number of carbonyl (C=O) groups is 2. The van der Waals surface area contributed by atoms with Gasteiger partial charge < -0.3 is 9.80 Å². The highest BCUT2D eigenvalue weighted by Gasteiger charge is 2.36. The average molecular weight is 382 g/mol. The third-order valence-electron chi connectivity index (χ3n) is 4.27. The first-order chi connectivity index (χ1) is 12.4. The number of hydrogen-bond donors (Lipinski definition) is 0. The summed E-state index contributed by atoms with van der Waals surface area (Å²) in [6.45, 7) is 1.31. The number of halogens is 3. The molecule has 0 N–H and O–H groups in total. The minimum absolute atomic E-state index is 0.106. The van der Waals surface area contributed by atoms with Gasteiger partial charge in [-0.05, 0) is 30.0 Å². The first kappa shape index (κ1) is 18.4. The maximum absolute atomic E-state index is 13.2. The quantitative estimate of drug-likeness (QED) is 0.794. The van der Waals surface area contributed by atoms with Crippen LogP contribution in [0.5, 0.6) is 0 Å². The average Bonchev–Trinajstić information content (AvgIpc) is 3.04. The largest absolute Gasteiger partial charge is 0.417 e. The minimum Gasteiger partial charge on any atom is -0.337 e. The monoisotopic (exact) mass is 382 g/mol. The molecule has 1 aromatic heterocycles. The van der Waals surface area contributed by atoms with Gasteiger partial charge in [0.05, 0.1) is 16.0 Å². The minimum atomic E-state index is -4.58. The van der Waals surface area contributed by atoms with Crippen molar-refractivity contribution in [3.8, 4) is 0 Å². The lowest BCUT2D eigenvalue weighted by Crippen LogP contribution is -2.37. The molecule has 0 unspecified atom stereocenters. The number of thiophene rings is 1. The number of rotatable bonds is 2. The molecule has 0 aliphatic carbocycles. The third kappa shape index (κ3) is 3.90. The Morgan fingerprint density at radius 2 is 1.54 bits per heavy atom. The van der Waals surface area contributed by atoms with Crippen molar-refractivity contribution in [1.82, 2.24) is 9.80 Å². The fourth-order valence-electron chi connectivity index (χ4n) is 2.97. The van der Waals surface area contributed by atoms with E-state index in [9.17, 15) is 22.8 Å². The molecule has 3 rings (SSSR count). The number of carbonyl (C=O) groups excluding carboxylic acids is 2. The van der Waals surface area contributed by atoms with Gasteiger partial charge in [0.15, 0.2) is 0 Å². The molecule has 1 aromatic carbocycles. The summed E-state index contributed by atoms with van der Waals surface area (Å²) in [6, 6.07) is 8.33. The molecular weight excluding hydrogens is 365 g/mol. The molecule has 8 heteroatoms. The van der Waals surface area contributed by atoms with Gasteiger partial charge in [-0.15, -0.1) is 11.3 Å². The predicted molar refractivity (Wildman–Crippen MR) is 92.2 cm³/mol. The van der Waals surface area contributed by atoms with Crippen molar-refractivity contribution < 1.29 is 22.8 Å². The van der Waals surface area contributed by atoms with Crippen molar-refractivity contribution in [2.24, 2.45) is 0 Å². The summed E-state index contributed by atoms with van der Waals surface area (Å²) in [7, 11) is 0. The highest BCUT2D eigenvalue weighted by Crippen LogP contribution is 2.32. The van der Waals surface area contributed by atoms with E-state index in [0.717, 1.165) is 6.07 Å². The molecule has 1 fully saturated rings. The molecule has 0 bridgehead atoms. The lowest BCUT2D eigenvalue weighted by molar-refractivity contribution is -0.138. The Morgan fingerprint density at radius 3 is 2.15 bits per heavy atom. The molecule has 2 aromatic rings. The van der Waals surface area contributed by atoms with Crippen molar-refractivity contribution in [3.05, 3.63) is 57.8 Å². The van der Waals surface area contributed by atoms with Crippen LogP contribution in [0.25, 0.3) is 0 Å². The summed E-state index contributed by atoms with van der Waals surface area (Å²) in [5.41, 5.74) is -1.28. The highest BCUT2D eigenvalue weighted by atomic mass is 32.1. The Kier molecular flexibility index (Phi) is 5.31. The van der Waals surface area contributed by atoms with Crippen LogP contribution in [0.1, 0.15) is 32.0 Å². The maximum Gasteiger partial charge on any atom is 0.417 e. The van der Waals surface area contributed by atoms with Gasteiger partial charge in [0.2, 0.25) is 0 Å². The van der Waals surface area contributed by atoms with Crippen molar-refractivity contribution in [2.45, 2.75) is 12.6 Å². The van der Waals surface area contributed by atoms with Gasteiger partial charge in [0.1, 0.15) is 0 Å². The fourth-order valence-corrected chi connectivity index (χ4v) is 3.66. The molecule has 138 valence electrons. The van der Waals surface area contributed by atoms with E-state index >= 15 is 0 Å². The standard InChI is InChI=1S/C18H17F3N2O2S/c19-18(20,21)14-6-2-1-5-13(14)16(24)22-8-4-9-23(11-10-22)17(25)15-7-3-12-26-15/h1-3,5-7,12H,4,8-11H2. The molecule has 4 nitrogen and oxygen atoms in total. The molecule has 0 radical (unpaired) electrons. The molecule has 0 atom stereocenters. The summed E-state index contributed by atoms with van der Waals surface area (Å²) in [5, 5.41) is 1.81. The molecular formula is C18H17F3N2O2S. The van der Waals surface area contributed by atoms with E-state index in [4.69, 9.17) is 0 Å². The molecule has 1 aliphatic rings. The zero-order valence-corrected chi connectivity index (χ0v) is 14.6. The van der Waals surface area contributed by atoms with Crippen molar-refractivity contribution in [2.75, 3.05) is 26.2 Å². The van der Waals surface area contributed by atoms with Crippen LogP contribution in [0.15, 0.2) is 41.8 Å². The smallest absolute Gasteiger partial charge is 0.337 e. The molecule has 1 aliphatic heterocycles. The number of amides is 2. The van der Waals surface area contributed by atoms with Crippen LogP contribution in [0.2, 0.25) is 0 Å². The molecule has 2 amide bonds. The molecule has 0 spiro atoms. The van der Waals surface area contributed by atoms with E-state index in [0.29, 0.717) is 30.9 Å². The molecule has 0 saturated carbocycles. The van der Waals surface area contributed by atoms with Gasteiger partial charge in [-0.25, -0.2) is 0 Å². The van der Waals surface area contributed by atoms with E-state index < -0.39 is 17.6 Å². The summed E-state index contributed by atoms with van der Waals surface area (Å²) < 4.78 is 39.5. The second-order valence-electron chi connectivity index (χ2n) is 5.96. The lowest BCUT2D eigenvalue weighted by atomic mass is 10.1. The maximum atomic E-state index is 13.2. The first-order valence-electron chi connectivity index (χ1n) is 8.16. The van der Waals surface area contributed by atoms with E-state index in [-0.39, 0.29) is 18.0 Å². The number of nitrogens with zero attached hydrogens (tertiary/aromatic N) is 2. The lowest BCUT2D eigenvalue weighted by Gasteiger charge is -2.23. The number of hydrogen-bond acceptors (Lipinski definition) is 3. The third-order valence-corrected chi connectivity index (χ3v) is 5.12. The summed E-state index contributed by atoms with van der Waals surface area (Å²) in [4.78, 5) is 28.7. The Labute approximate surface area is 152 Å². The van der Waals surface area contributed by atoms with Gasteiger partial charge in [0.25, 0.3) is 11.8 Å². The molecule has 2 heterocycles. The Morgan fingerprint density at radius 1 is 0.885 bits per heavy atom. The van der Waals surface area contributed by atoms with Crippen LogP contribution in [0.3, 0.4) is 0 Å². The number of benzene rings is 1. The Hall–Kier alpha value is -2.35. The topological polar surface area (TPSA) is 40.6 Å². The van der Waals surface area contributed by atoms with Gasteiger partial charge in [-0.1, -0.05) is 18.2 Å². The zero-order valence-electron chi connectivity index (χ0n) is 13.8. The van der Waals surface area contributed by atoms with Gasteiger partial charge in [-0.3, -0.25) is 9.59 Å².